The molecule has 0 bridgehead atoms. The number of carbonyl (C=O) groups is 3. The normalized spacial score (nSPS) is 21.9. The Morgan fingerprint density at radius 1 is 0.886 bits per heavy atom. The maximum atomic E-state index is 12.5. The Hall–Kier alpha value is -3.35. The maximum absolute atomic E-state index is 12.5. The fraction of sp³-hybridized carbons (Fsp3) is 0.464. The fourth-order valence-corrected chi connectivity index (χ4v) is 5.52. The molecule has 2 amide bonds. The first-order valence-corrected chi connectivity index (χ1v) is 12.6. The van der Waals surface area contributed by atoms with E-state index in [1.165, 1.54) is 22.3 Å². The van der Waals surface area contributed by atoms with Gasteiger partial charge in [0.05, 0.1) is 5.41 Å². The zero-order valence-corrected chi connectivity index (χ0v) is 19.8. The lowest BCUT2D eigenvalue weighted by atomic mass is 9.81. The third kappa shape index (κ3) is 4.90. The van der Waals surface area contributed by atoms with Gasteiger partial charge < -0.3 is 20.5 Å². The Morgan fingerprint density at radius 2 is 1.49 bits per heavy atom. The molecule has 7 heteroatoms. The smallest absolute Gasteiger partial charge is 0.407 e. The van der Waals surface area contributed by atoms with Crippen molar-refractivity contribution in [3.8, 4) is 11.1 Å². The highest BCUT2D eigenvalue weighted by Gasteiger charge is 2.50. The summed E-state index contributed by atoms with van der Waals surface area (Å²) in [5.74, 6) is -0.585. The van der Waals surface area contributed by atoms with E-state index < -0.39 is 17.5 Å². The number of aliphatic carboxylic acids is 1. The van der Waals surface area contributed by atoms with Gasteiger partial charge in [-0.1, -0.05) is 48.5 Å². The van der Waals surface area contributed by atoms with Gasteiger partial charge in [-0.25, -0.2) is 4.79 Å². The molecule has 3 aliphatic rings. The molecule has 0 radical (unpaired) electrons. The summed E-state index contributed by atoms with van der Waals surface area (Å²) >= 11 is 0. The second kappa shape index (κ2) is 9.72. The topological polar surface area (TPSA) is 105 Å². The van der Waals surface area contributed by atoms with Gasteiger partial charge in [0, 0.05) is 24.9 Å². The molecule has 2 aromatic carbocycles. The Kier molecular flexibility index (Phi) is 6.50. The second-order valence-electron chi connectivity index (χ2n) is 10.2. The van der Waals surface area contributed by atoms with E-state index in [1.54, 1.807) is 0 Å². The predicted molar refractivity (Wildman–Crippen MR) is 131 cm³/mol. The first kappa shape index (κ1) is 23.4. The van der Waals surface area contributed by atoms with E-state index in [0.29, 0.717) is 31.9 Å². The van der Waals surface area contributed by atoms with Crippen LogP contribution in [0, 0.1) is 17.3 Å². The van der Waals surface area contributed by atoms with Crippen molar-refractivity contribution < 1.29 is 24.2 Å². The lowest BCUT2D eigenvalue weighted by Crippen LogP contribution is -2.40. The van der Waals surface area contributed by atoms with Crippen molar-refractivity contribution in [2.75, 3.05) is 19.7 Å². The van der Waals surface area contributed by atoms with Gasteiger partial charge in [-0.2, -0.15) is 0 Å². The van der Waals surface area contributed by atoms with Crippen LogP contribution >= 0.6 is 0 Å². The molecular weight excluding hydrogens is 444 g/mol. The third-order valence-corrected chi connectivity index (χ3v) is 8.00. The van der Waals surface area contributed by atoms with Crippen molar-refractivity contribution in [2.45, 2.75) is 44.4 Å². The molecule has 184 valence electrons. The molecule has 0 aliphatic heterocycles. The van der Waals surface area contributed by atoms with Crippen molar-refractivity contribution in [1.82, 2.24) is 10.6 Å². The van der Waals surface area contributed by atoms with Crippen molar-refractivity contribution in [1.29, 1.82) is 0 Å². The Bertz CT molecular complexity index is 1070. The number of benzene rings is 2. The molecule has 0 saturated heterocycles. The zero-order valence-electron chi connectivity index (χ0n) is 19.8. The van der Waals surface area contributed by atoms with Crippen LogP contribution in [0.4, 0.5) is 4.79 Å². The average Bonchev–Trinajstić information content (AvgIpc) is 3.62. The lowest BCUT2D eigenvalue weighted by Gasteiger charge is -2.28. The molecule has 3 aliphatic carbocycles. The number of hydrogen-bond acceptors (Lipinski definition) is 4. The van der Waals surface area contributed by atoms with Crippen LogP contribution in [0.15, 0.2) is 48.5 Å². The molecule has 2 fully saturated rings. The summed E-state index contributed by atoms with van der Waals surface area (Å²) in [5.41, 5.74) is 4.05. The number of nitrogens with one attached hydrogen (secondary N) is 2. The van der Waals surface area contributed by atoms with Crippen LogP contribution in [0.2, 0.25) is 0 Å². The number of carboxylic acids is 1. The molecule has 0 spiro atoms. The van der Waals surface area contributed by atoms with Gasteiger partial charge in [0.15, 0.2) is 0 Å². The minimum Gasteiger partial charge on any atom is -0.481 e. The Balaban J connectivity index is 1.04. The highest BCUT2D eigenvalue weighted by molar-refractivity contribution is 5.82. The summed E-state index contributed by atoms with van der Waals surface area (Å²) in [6.45, 7) is 1.06. The number of ether oxygens (including phenoxy) is 1. The largest absolute Gasteiger partial charge is 0.481 e. The van der Waals surface area contributed by atoms with Crippen LogP contribution in [0.3, 0.4) is 0 Å². The number of rotatable bonds is 8. The van der Waals surface area contributed by atoms with E-state index in [2.05, 4.69) is 34.9 Å². The second-order valence-corrected chi connectivity index (χ2v) is 10.2. The maximum Gasteiger partial charge on any atom is 0.407 e. The van der Waals surface area contributed by atoms with Crippen LogP contribution in [-0.4, -0.2) is 42.8 Å². The molecule has 5 rings (SSSR count). The molecule has 0 atom stereocenters. The van der Waals surface area contributed by atoms with Crippen molar-refractivity contribution >= 4 is 18.0 Å². The highest BCUT2D eigenvalue weighted by atomic mass is 16.5. The minimum absolute atomic E-state index is 0.0398. The quantitative estimate of drug-likeness (QED) is 0.527. The minimum atomic E-state index is -0.819. The predicted octanol–water partition coefficient (Wildman–Crippen LogP) is 4.31. The summed E-state index contributed by atoms with van der Waals surface area (Å²) in [4.78, 5) is 36.2. The Labute approximate surface area is 205 Å². The summed E-state index contributed by atoms with van der Waals surface area (Å²) in [7, 11) is 0. The molecule has 0 aromatic heterocycles. The van der Waals surface area contributed by atoms with Crippen LogP contribution < -0.4 is 10.6 Å². The number of fused-ring (bicyclic) bond motifs is 3. The molecule has 35 heavy (non-hydrogen) atoms. The van der Waals surface area contributed by atoms with Gasteiger partial charge in [0.25, 0.3) is 0 Å². The van der Waals surface area contributed by atoms with Crippen LogP contribution in [0.25, 0.3) is 11.1 Å². The van der Waals surface area contributed by atoms with Crippen LogP contribution in [-0.2, 0) is 14.3 Å². The number of amides is 2. The van der Waals surface area contributed by atoms with E-state index in [0.717, 1.165) is 25.7 Å². The van der Waals surface area contributed by atoms with E-state index in [4.69, 9.17) is 4.74 Å². The summed E-state index contributed by atoms with van der Waals surface area (Å²) < 4.78 is 5.62. The van der Waals surface area contributed by atoms with Gasteiger partial charge in [-0.05, 0) is 66.7 Å². The lowest BCUT2D eigenvalue weighted by molar-refractivity contribution is -0.143. The van der Waals surface area contributed by atoms with Crippen molar-refractivity contribution in [3.63, 3.8) is 0 Å². The molecular formula is C28H32N2O5. The molecule has 2 saturated carbocycles. The van der Waals surface area contributed by atoms with Gasteiger partial charge in [-0.3, -0.25) is 9.59 Å². The van der Waals surface area contributed by atoms with Crippen LogP contribution in [0.1, 0.15) is 55.6 Å². The zero-order chi connectivity index (χ0) is 24.4. The van der Waals surface area contributed by atoms with Gasteiger partial charge >= 0.3 is 12.1 Å². The number of carbonyl (C=O) groups excluding carboxylic acids is 2. The highest BCUT2D eigenvalue weighted by Crippen LogP contribution is 2.45. The average molecular weight is 477 g/mol. The first-order chi connectivity index (χ1) is 17.0. The van der Waals surface area contributed by atoms with Gasteiger partial charge in [-0.15, -0.1) is 0 Å². The van der Waals surface area contributed by atoms with E-state index in [1.807, 2.05) is 24.3 Å². The standard InChI is InChI=1S/C28H32N2O5/c31-25(30-17-28(13-14-28)26(32)33)19-11-9-18(10-12-19)15-29-27(34)35-16-24-22-7-3-1-5-20(22)21-6-2-4-8-23(21)24/h1-8,18-19,24H,9-17H2,(H,29,34)(H,30,31)(H,32,33). The van der Waals surface area contributed by atoms with Crippen molar-refractivity contribution in [2.24, 2.45) is 17.3 Å². The number of carboxylic acid groups (broad SMARTS) is 1. The fourth-order valence-electron chi connectivity index (χ4n) is 5.52. The summed E-state index contributed by atoms with van der Waals surface area (Å²) in [6, 6.07) is 16.5. The van der Waals surface area contributed by atoms with E-state index >= 15 is 0 Å². The first-order valence-electron chi connectivity index (χ1n) is 12.6. The summed E-state index contributed by atoms with van der Waals surface area (Å²) in [6.07, 6.45) is 4.08. The monoisotopic (exact) mass is 476 g/mol. The van der Waals surface area contributed by atoms with E-state index in [-0.39, 0.29) is 24.3 Å². The van der Waals surface area contributed by atoms with Gasteiger partial charge in [0.2, 0.25) is 5.91 Å². The Morgan fingerprint density at radius 3 is 2.06 bits per heavy atom. The van der Waals surface area contributed by atoms with Crippen LogP contribution in [0.5, 0.6) is 0 Å². The molecule has 2 aromatic rings. The molecule has 7 nitrogen and oxygen atoms in total. The molecule has 3 N–H and O–H groups in total. The van der Waals surface area contributed by atoms with Gasteiger partial charge in [0.1, 0.15) is 6.61 Å². The molecule has 0 heterocycles. The third-order valence-electron chi connectivity index (χ3n) is 8.00. The molecule has 0 unspecified atom stereocenters. The number of alkyl carbamates (subject to hydrolysis) is 1. The number of hydrogen-bond donors (Lipinski definition) is 3. The summed E-state index contributed by atoms with van der Waals surface area (Å²) in [5, 5.41) is 15.0. The SMILES string of the molecule is O=C(NCC1CCC(C(=O)NCC2(C(=O)O)CC2)CC1)OCC1c2ccccc2-c2ccccc21. The van der Waals surface area contributed by atoms with Crippen molar-refractivity contribution in [3.05, 3.63) is 59.7 Å². The van der Waals surface area contributed by atoms with E-state index in [9.17, 15) is 19.5 Å².